The van der Waals surface area contributed by atoms with Gasteiger partial charge < -0.3 is 16.2 Å². The molecule has 1 radical (unpaired) electrons. The van der Waals surface area contributed by atoms with Gasteiger partial charge in [-0.25, -0.2) is 0 Å². The quantitative estimate of drug-likeness (QED) is 0.462. The molecule has 0 aliphatic heterocycles. The number of non-ortho nitro benzene ring substituents is 1. The van der Waals surface area contributed by atoms with Crippen LogP contribution in [0.15, 0.2) is 24.3 Å². The minimum absolute atomic E-state index is 0. The Balaban J connectivity index is 0.00000144. The van der Waals surface area contributed by atoms with Gasteiger partial charge in [0.2, 0.25) is 0 Å². The molecule has 7 heteroatoms. The zero-order chi connectivity index (χ0) is 8.97. The Morgan fingerprint density at radius 3 is 2.31 bits per heavy atom. The van der Waals surface area contributed by atoms with Gasteiger partial charge in [-0.1, -0.05) is 17.8 Å². The third kappa shape index (κ3) is 3.17. The van der Waals surface area contributed by atoms with E-state index in [1.54, 1.807) is 5.22 Å². The second-order valence-electron chi connectivity index (χ2n) is 1.99. The van der Waals surface area contributed by atoms with Crippen LogP contribution in [0.3, 0.4) is 0 Å². The van der Waals surface area contributed by atoms with Gasteiger partial charge in [-0.05, 0) is 0 Å². The second kappa shape index (κ2) is 5.22. The van der Waals surface area contributed by atoms with E-state index in [-0.39, 0.29) is 22.5 Å². The maximum Gasteiger partial charge on any atom is 0.269 e. The van der Waals surface area contributed by atoms with E-state index in [1.165, 1.54) is 24.3 Å². The molecule has 1 aromatic carbocycles. The normalized spacial score (nSPS) is 8.31. The van der Waals surface area contributed by atoms with Gasteiger partial charge in [0.15, 0.2) is 0 Å². The molecule has 0 aliphatic carbocycles. The Morgan fingerprint density at radius 2 is 1.92 bits per heavy atom. The molecule has 0 heterocycles. The molecule has 0 fully saturated rings. The molecule has 0 bridgehead atoms. The minimum Gasteiger partial charge on any atom is -0.513 e. The molecule has 0 saturated heterocycles. The molecular weight excluding hydrogens is 219 g/mol. The standard InChI is InChI=1S/C6H5N4O2.Co/c7-9-8-5-1-3-6(4-2-5)10(11)12;/h1-4,9H;/q-1;. The monoisotopic (exact) mass is 224 g/mol. The van der Waals surface area contributed by atoms with Crippen LogP contribution in [-0.4, -0.2) is 4.92 Å². The molecule has 71 valence electrons. The Labute approximate surface area is 84.2 Å². The Hall–Kier alpha value is -1.47. The van der Waals surface area contributed by atoms with E-state index in [0.717, 1.165) is 0 Å². The molecule has 1 N–H and O–H groups in total. The molecule has 0 amide bonds. The maximum absolute atomic E-state index is 10.2. The Morgan fingerprint density at radius 1 is 1.38 bits per heavy atom. The van der Waals surface area contributed by atoms with Crippen molar-refractivity contribution in [3.8, 4) is 0 Å². The number of rotatable bonds is 3. The fraction of sp³-hybridized carbons (Fsp3) is 0. The van der Waals surface area contributed by atoms with Crippen LogP contribution in [0.25, 0.3) is 11.0 Å². The largest absolute Gasteiger partial charge is 0.513 e. The first-order valence-corrected chi connectivity index (χ1v) is 3.08. The summed E-state index contributed by atoms with van der Waals surface area (Å²) in [6.07, 6.45) is 0. The van der Waals surface area contributed by atoms with Crippen LogP contribution < -0.4 is 5.22 Å². The Bertz CT molecular complexity index is 300. The number of nitrogens with zero attached hydrogens (tertiary/aromatic N) is 3. The molecule has 0 aliphatic rings. The SMILES string of the molecule is [Co].[N-]=[NH+][N-]c1ccc([N+](=O)[O-])cc1. The third-order valence-electron chi connectivity index (χ3n) is 1.24. The van der Waals surface area contributed by atoms with Crippen LogP contribution >= 0.6 is 0 Å². The van der Waals surface area contributed by atoms with Gasteiger partial charge in [0.05, 0.1) is 4.92 Å². The average Bonchev–Trinajstić information content (AvgIpc) is 2.06. The van der Waals surface area contributed by atoms with Crippen LogP contribution in [0.5, 0.6) is 0 Å². The number of nitrogens with one attached hydrogen (secondary N) is 1. The molecule has 6 nitrogen and oxygen atoms in total. The van der Waals surface area contributed by atoms with E-state index >= 15 is 0 Å². The van der Waals surface area contributed by atoms with E-state index in [4.69, 9.17) is 5.53 Å². The van der Waals surface area contributed by atoms with Crippen molar-refractivity contribution in [3.05, 3.63) is 45.3 Å². The fourth-order valence-electron chi connectivity index (χ4n) is 0.707. The van der Waals surface area contributed by atoms with Crippen molar-refractivity contribution in [1.82, 2.24) is 0 Å². The van der Waals surface area contributed by atoms with E-state index in [0.29, 0.717) is 5.69 Å². The number of hydrogen-bond acceptors (Lipinski definition) is 2. The summed E-state index contributed by atoms with van der Waals surface area (Å²) in [4.78, 5) is 9.68. The summed E-state index contributed by atoms with van der Waals surface area (Å²) in [5.41, 5.74) is 11.9. The van der Waals surface area contributed by atoms with Crippen molar-refractivity contribution in [2.75, 3.05) is 0 Å². The molecular formula is C6H5CoN4O2-. The molecule has 0 atom stereocenters. The van der Waals surface area contributed by atoms with Crippen molar-refractivity contribution in [3.63, 3.8) is 0 Å². The van der Waals surface area contributed by atoms with Gasteiger partial charge in [-0.15, -0.1) is 0 Å². The van der Waals surface area contributed by atoms with Gasteiger partial charge in [-0.3, -0.25) is 10.1 Å². The first kappa shape index (κ1) is 11.5. The summed E-state index contributed by atoms with van der Waals surface area (Å²) in [7, 11) is 0. The van der Waals surface area contributed by atoms with Crippen molar-refractivity contribution >= 4 is 11.4 Å². The fourth-order valence-corrected chi connectivity index (χ4v) is 0.707. The molecule has 1 aromatic rings. The summed E-state index contributed by atoms with van der Waals surface area (Å²) < 4.78 is 0. The van der Waals surface area contributed by atoms with E-state index in [9.17, 15) is 10.1 Å². The summed E-state index contributed by atoms with van der Waals surface area (Å²) in [5, 5.41) is 11.8. The summed E-state index contributed by atoms with van der Waals surface area (Å²) in [6, 6.07) is 5.44. The van der Waals surface area contributed by atoms with Crippen LogP contribution in [0, 0.1) is 10.1 Å². The predicted molar refractivity (Wildman–Crippen MR) is 40.4 cm³/mol. The molecule has 0 spiro atoms. The van der Waals surface area contributed by atoms with Crippen LogP contribution in [0.1, 0.15) is 0 Å². The summed E-state index contributed by atoms with van der Waals surface area (Å²) >= 11 is 0. The first-order chi connectivity index (χ1) is 5.74. The van der Waals surface area contributed by atoms with Crippen molar-refractivity contribution in [2.24, 2.45) is 0 Å². The summed E-state index contributed by atoms with van der Waals surface area (Å²) in [5.74, 6) is 0. The topological polar surface area (TPSA) is 93.5 Å². The van der Waals surface area contributed by atoms with Gasteiger partial charge in [0, 0.05) is 28.9 Å². The number of nitro groups is 1. The molecule has 13 heavy (non-hydrogen) atoms. The molecule has 1 rings (SSSR count). The predicted octanol–water partition coefficient (Wildman–Crippen LogP) is 0.615. The maximum atomic E-state index is 10.2. The number of benzene rings is 1. The average molecular weight is 224 g/mol. The molecule has 0 aromatic heterocycles. The van der Waals surface area contributed by atoms with Crippen molar-refractivity contribution in [2.45, 2.75) is 0 Å². The minimum atomic E-state index is -0.504. The zero-order valence-corrected chi connectivity index (χ0v) is 7.34. The number of nitro benzene ring substituents is 1. The first-order valence-electron chi connectivity index (χ1n) is 3.08. The Kier molecular flexibility index (Phi) is 4.63. The van der Waals surface area contributed by atoms with Crippen LogP contribution in [-0.2, 0) is 16.8 Å². The van der Waals surface area contributed by atoms with Crippen molar-refractivity contribution in [1.29, 1.82) is 0 Å². The van der Waals surface area contributed by atoms with Gasteiger partial charge in [0.1, 0.15) is 0 Å². The molecule has 0 saturated carbocycles. The van der Waals surface area contributed by atoms with Gasteiger partial charge in [0.25, 0.3) is 5.69 Å². The van der Waals surface area contributed by atoms with E-state index in [2.05, 4.69) is 5.43 Å². The number of hydrogen-bond donors (Lipinski definition) is 1. The molecule has 0 unspecified atom stereocenters. The third-order valence-corrected chi connectivity index (χ3v) is 1.24. The zero-order valence-electron chi connectivity index (χ0n) is 6.30. The van der Waals surface area contributed by atoms with Crippen molar-refractivity contribution < 1.29 is 26.9 Å². The second-order valence-corrected chi connectivity index (χ2v) is 1.99. The van der Waals surface area contributed by atoms with Crippen LogP contribution in [0.4, 0.5) is 11.4 Å². The van der Waals surface area contributed by atoms with E-state index < -0.39 is 4.92 Å². The van der Waals surface area contributed by atoms with Gasteiger partial charge >= 0.3 is 0 Å². The smallest absolute Gasteiger partial charge is 0.269 e. The van der Waals surface area contributed by atoms with Gasteiger partial charge in [-0.2, -0.15) is 0 Å². The summed E-state index contributed by atoms with van der Waals surface area (Å²) in [6.45, 7) is 0. The van der Waals surface area contributed by atoms with E-state index in [1.807, 2.05) is 0 Å². The van der Waals surface area contributed by atoms with Crippen LogP contribution in [0.2, 0.25) is 0 Å².